The third-order valence-electron chi connectivity index (χ3n) is 2.88. The van der Waals surface area contributed by atoms with Gasteiger partial charge in [0, 0.05) is 47.1 Å². The molecular weight excluding hydrogens is 312 g/mol. The van der Waals surface area contributed by atoms with Crippen LogP contribution in [0.2, 0.25) is 0 Å². The number of amides is 1. The molecule has 1 heterocycles. The second-order valence-corrected chi connectivity index (χ2v) is 6.35. The zero-order valence-corrected chi connectivity index (χ0v) is 12.5. The van der Waals surface area contributed by atoms with Gasteiger partial charge in [-0.15, -0.1) is 11.8 Å². The van der Waals surface area contributed by atoms with Crippen molar-refractivity contribution in [2.75, 3.05) is 25.4 Å². The Morgan fingerprint density at radius 2 is 2.22 bits per heavy atom. The van der Waals surface area contributed by atoms with Gasteiger partial charge in [0.25, 0.3) is 0 Å². The number of halogens is 1. The van der Waals surface area contributed by atoms with E-state index in [1.807, 2.05) is 18.2 Å². The predicted molar refractivity (Wildman–Crippen MR) is 78.9 cm³/mol. The van der Waals surface area contributed by atoms with Gasteiger partial charge in [0.05, 0.1) is 0 Å². The first-order chi connectivity index (χ1) is 8.75. The summed E-state index contributed by atoms with van der Waals surface area (Å²) in [5, 5.41) is 6.18. The van der Waals surface area contributed by atoms with Gasteiger partial charge in [0.2, 0.25) is 5.91 Å². The van der Waals surface area contributed by atoms with E-state index in [9.17, 15) is 4.79 Å². The molecule has 2 rings (SSSR count). The van der Waals surface area contributed by atoms with E-state index in [1.165, 1.54) is 4.90 Å². The average molecular weight is 329 g/mol. The number of carbonyl (C=O) groups is 1. The topological polar surface area (TPSA) is 41.1 Å². The van der Waals surface area contributed by atoms with E-state index in [4.69, 9.17) is 0 Å². The maximum absolute atomic E-state index is 11.6. The summed E-state index contributed by atoms with van der Waals surface area (Å²) in [7, 11) is 0. The van der Waals surface area contributed by atoms with E-state index in [2.05, 4.69) is 32.6 Å². The number of hydrogen-bond donors (Lipinski definition) is 2. The van der Waals surface area contributed by atoms with Gasteiger partial charge in [-0.2, -0.15) is 0 Å². The van der Waals surface area contributed by atoms with Crippen molar-refractivity contribution in [3.63, 3.8) is 0 Å². The van der Waals surface area contributed by atoms with Crippen molar-refractivity contribution < 1.29 is 4.79 Å². The molecule has 0 saturated carbocycles. The van der Waals surface area contributed by atoms with Gasteiger partial charge in [0.15, 0.2) is 0 Å². The van der Waals surface area contributed by atoms with Gasteiger partial charge in [-0.3, -0.25) is 4.79 Å². The second-order valence-electron chi connectivity index (χ2n) is 4.36. The number of benzene rings is 1. The fourth-order valence-electron chi connectivity index (χ4n) is 1.65. The van der Waals surface area contributed by atoms with Crippen LogP contribution in [0.3, 0.4) is 0 Å². The van der Waals surface area contributed by atoms with Crippen LogP contribution in [0.1, 0.15) is 6.42 Å². The molecule has 1 saturated heterocycles. The monoisotopic (exact) mass is 328 g/mol. The molecule has 1 aliphatic heterocycles. The highest BCUT2D eigenvalue weighted by molar-refractivity contribution is 9.10. The van der Waals surface area contributed by atoms with Crippen LogP contribution in [-0.2, 0) is 4.79 Å². The summed E-state index contributed by atoms with van der Waals surface area (Å²) < 4.78 is 1.09. The molecule has 1 fully saturated rings. The minimum absolute atomic E-state index is 0.154. The molecule has 0 unspecified atom stereocenters. The van der Waals surface area contributed by atoms with E-state index < -0.39 is 0 Å². The first-order valence-electron chi connectivity index (χ1n) is 6.10. The van der Waals surface area contributed by atoms with Gasteiger partial charge in [0.1, 0.15) is 0 Å². The summed E-state index contributed by atoms with van der Waals surface area (Å²) in [5.74, 6) is 1.60. The van der Waals surface area contributed by atoms with Crippen LogP contribution >= 0.6 is 27.7 Å². The number of hydrogen-bond acceptors (Lipinski definition) is 3. The molecule has 18 heavy (non-hydrogen) atoms. The Labute approximate surface area is 120 Å². The first kappa shape index (κ1) is 13.9. The summed E-state index contributed by atoms with van der Waals surface area (Å²) in [5.41, 5.74) is 0. The highest BCUT2D eigenvalue weighted by Crippen LogP contribution is 2.27. The van der Waals surface area contributed by atoms with E-state index in [0.717, 1.165) is 29.9 Å². The number of nitrogens with one attached hydrogen (secondary N) is 2. The Balaban J connectivity index is 1.62. The van der Waals surface area contributed by atoms with Gasteiger partial charge in [-0.1, -0.05) is 12.1 Å². The van der Waals surface area contributed by atoms with Crippen LogP contribution in [0.15, 0.2) is 33.6 Å². The van der Waals surface area contributed by atoms with Gasteiger partial charge in [-0.25, -0.2) is 0 Å². The van der Waals surface area contributed by atoms with Crippen molar-refractivity contribution in [2.24, 2.45) is 5.92 Å². The number of rotatable bonds is 6. The Morgan fingerprint density at radius 3 is 2.89 bits per heavy atom. The normalized spacial score (nSPS) is 15.2. The largest absolute Gasteiger partial charge is 0.356 e. The summed E-state index contributed by atoms with van der Waals surface area (Å²) in [6.45, 7) is 2.88. The number of carbonyl (C=O) groups excluding carboxylic acids is 1. The molecule has 0 aromatic heterocycles. The standard InChI is InChI=1S/C13H17BrN2OS/c14-11-3-1-2-4-12(11)18-6-5-13(17)16-9-10-7-15-8-10/h1-4,10,15H,5-9H2,(H,16,17). The Hall–Kier alpha value is -0.520. The van der Waals surface area contributed by atoms with Gasteiger partial charge < -0.3 is 10.6 Å². The molecule has 0 aliphatic carbocycles. The molecule has 1 aromatic carbocycles. The van der Waals surface area contributed by atoms with Crippen LogP contribution in [-0.4, -0.2) is 31.3 Å². The van der Waals surface area contributed by atoms with Crippen molar-refractivity contribution in [1.82, 2.24) is 10.6 Å². The first-order valence-corrected chi connectivity index (χ1v) is 7.88. The Morgan fingerprint density at radius 1 is 1.44 bits per heavy atom. The molecule has 1 aliphatic rings. The third-order valence-corrected chi connectivity index (χ3v) is 4.91. The van der Waals surface area contributed by atoms with Crippen molar-refractivity contribution in [1.29, 1.82) is 0 Å². The fourth-order valence-corrected chi connectivity index (χ4v) is 3.17. The van der Waals surface area contributed by atoms with Crippen LogP contribution < -0.4 is 10.6 Å². The molecule has 0 atom stereocenters. The zero-order valence-electron chi connectivity index (χ0n) is 10.1. The quantitative estimate of drug-likeness (QED) is 0.787. The molecule has 1 aromatic rings. The SMILES string of the molecule is O=C(CCSc1ccccc1Br)NCC1CNC1. The zero-order chi connectivity index (χ0) is 12.8. The van der Waals surface area contributed by atoms with Crippen molar-refractivity contribution in [3.8, 4) is 0 Å². The van der Waals surface area contributed by atoms with Gasteiger partial charge >= 0.3 is 0 Å². The highest BCUT2D eigenvalue weighted by Gasteiger charge is 2.16. The lowest BCUT2D eigenvalue weighted by Gasteiger charge is -2.27. The van der Waals surface area contributed by atoms with E-state index in [1.54, 1.807) is 11.8 Å². The van der Waals surface area contributed by atoms with Crippen LogP contribution in [0.4, 0.5) is 0 Å². The lowest BCUT2D eigenvalue weighted by Crippen LogP contribution is -2.48. The maximum Gasteiger partial charge on any atom is 0.220 e. The van der Waals surface area contributed by atoms with Gasteiger partial charge in [-0.05, 0) is 28.1 Å². The third kappa shape index (κ3) is 4.30. The molecule has 0 bridgehead atoms. The summed E-state index contributed by atoms with van der Waals surface area (Å²) in [6, 6.07) is 8.09. The molecule has 3 nitrogen and oxygen atoms in total. The van der Waals surface area contributed by atoms with E-state index in [0.29, 0.717) is 12.3 Å². The van der Waals surface area contributed by atoms with Crippen molar-refractivity contribution in [2.45, 2.75) is 11.3 Å². The van der Waals surface area contributed by atoms with Crippen LogP contribution in [0.5, 0.6) is 0 Å². The fraction of sp³-hybridized carbons (Fsp3) is 0.462. The number of thioether (sulfide) groups is 1. The maximum atomic E-state index is 11.6. The summed E-state index contributed by atoms with van der Waals surface area (Å²) in [4.78, 5) is 12.8. The molecule has 0 radical (unpaired) electrons. The van der Waals surface area contributed by atoms with E-state index in [-0.39, 0.29) is 5.91 Å². The molecule has 5 heteroatoms. The predicted octanol–water partition coefficient (Wildman–Crippen LogP) is 2.27. The van der Waals surface area contributed by atoms with Crippen molar-refractivity contribution in [3.05, 3.63) is 28.7 Å². The lowest BCUT2D eigenvalue weighted by molar-refractivity contribution is -0.120. The molecule has 0 spiro atoms. The Bertz CT molecular complexity index is 410. The highest BCUT2D eigenvalue weighted by atomic mass is 79.9. The average Bonchev–Trinajstić information content (AvgIpc) is 2.30. The minimum atomic E-state index is 0.154. The molecule has 1 amide bonds. The summed E-state index contributed by atoms with van der Waals surface area (Å²) in [6.07, 6.45) is 0.576. The lowest BCUT2D eigenvalue weighted by atomic mass is 10.0. The smallest absolute Gasteiger partial charge is 0.220 e. The van der Waals surface area contributed by atoms with E-state index >= 15 is 0 Å². The second kappa shape index (κ2) is 7.16. The molecule has 2 N–H and O–H groups in total. The minimum Gasteiger partial charge on any atom is -0.356 e. The van der Waals surface area contributed by atoms with Crippen LogP contribution in [0, 0.1) is 5.92 Å². The van der Waals surface area contributed by atoms with Crippen LogP contribution in [0.25, 0.3) is 0 Å². The summed E-state index contributed by atoms with van der Waals surface area (Å²) >= 11 is 5.21. The molecule has 98 valence electrons. The van der Waals surface area contributed by atoms with Crippen molar-refractivity contribution >= 4 is 33.6 Å². The molecular formula is C13H17BrN2OS. The Kier molecular flexibility index (Phi) is 5.53.